The molecule has 3 N–H and O–H groups in total. The van der Waals surface area contributed by atoms with Crippen LogP contribution in [0.15, 0.2) is 5.38 Å². The number of aromatic carboxylic acids is 1. The highest BCUT2D eigenvalue weighted by Gasteiger charge is 2.12. The average Bonchev–Trinajstić information content (AvgIpc) is 2.93. The van der Waals surface area contributed by atoms with Crippen LogP contribution in [-0.4, -0.2) is 52.5 Å². The molecule has 0 fully saturated rings. The maximum absolute atomic E-state index is 11.7. The monoisotopic (exact) mass is 314 g/mol. The number of amides is 3. The molecule has 0 saturated heterocycles. The highest BCUT2D eigenvalue weighted by atomic mass is 32.1. The van der Waals surface area contributed by atoms with E-state index in [0.29, 0.717) is 18.1 Å². The maximum atomic E-state index is 11.7. The minimum absolute atomic E-state index is 0.0473. The lowest BCUT2D eigenvalue weighted by Gasteiger charge is -2.18. The molecule has 1 rings (SSSR count). The van der Waals surface area contributed by atoms with Gasteiger partial charge in [-0.15, -0.1) is 11.3 Å². The summed E-state index contributed by atoms with van der Waals surface area (Å²) >= 11 is 1.15. The predicted octanol–water partition coefficient (Wildman–Crippen LogP) is 0.509. The third kappa shape index (κ3) is 5.38. The second kappa shape index (κ2) is 8.20. The van der Waals surface area contributed by atoms with Gasteiger partial charge < -0.3 is 20.6 Å². The summed E-state index contributed by atoms with van der Waals surface area (Å²) in [6, 6.07) is -0.498. The number of carboxylic acids is 1. The fourth-order valence-corrected chi connectivity index (χ4v) is 2.26. The molecule has 0 aliphatic heterocycles. The number of nitrogens with zero attached hydrogens (tertiary/aromatic N) is 2. The molecule has 0 aliphatic carbocycles. The minimum Gasteiger partial charge on any atom is -0.476 e. The standard InChI is InChI=1S/C12H18N4O4S/c1-3-16(4-2)10(17)6-14-12(20)13-5-9-15-8(7-21-9)11(18)19/h7H,3-6H2,1-2H3,(H,18,19)(H2,13,14,20). The van der Waals surface area contributed by atoms with Crippen molar-refractivity contribution in [2.75, 3.05) is 19.6 Å². The van der Waals surface area contributed by atoms with Gasteiger partial charge in [-0.05, 0) is 13.8 Å². The Bertz CT molecular complexity index is 513. The van der Waals surface area contributed by atoms with E-state index in [-0.39, 0.29) is 24.7 Å². The van der Waals surface area contributed by atoms with Gasteiger partial charge >= 0.3 is 12.0 Å². The third-order valence-corrected chi connectivity index (χ3v) is 3.54. The van der Waals surface area contributed by atoms with Crippen LogP contribution in [0.5, 0.6) is 0 Å². The number of aromatic nitrogens is 1. The summed E-state index contributed by atoms with van der Waals surface area (Å²) in [5, 5.41) is 15.6. The number of nitrogens with one attached hydrogen (secondary N) is 2. The SMILES string of the molecule is CCN(CC)C(=O)CNC(=O)NCc1nc(C(=O)O)cs1. The first-order chi connectivity index (χ1) is 9.97. The molecule has 0 saturated carbocycles. The van der Waals surface area contributed by atoms with Crippen LogP contribution in [0, 0.1) is 0 Å². The highest BCUT2D eigenvalue weighted by molar-refractivity contribution is 7.09. The molecule has 0 spiro atoms. The number of carbonyl (C=O) groups is 3. The fourth-order valence-electron chi connectivity index (χ4n) is 1.55. The first-order valence-corrected chi connectivity index (χ1v) is 7.33. The maximum Gasteiger partial charge on any atom is 0.355 e. The van der Waals surface area contributed by atoms with Crippen molar-refractivity contribution in [3.05, 3.63) is 16.1 Å². The van der Waals surface area contributed by atoms with E-state index in [2.05, 4.69) is 15.6 Å². The number of carboxylic acid groups (broad SMARTS) is 1. The molecule has 0 unspecified atom stereocenters. The molecule has 8 nitrogen and oxygen atoms in total. The molecular formula is C12H18N4O4S. The Labute approximate surface area is 126 Å². The molecule has 116 valence electrons. The molecule has 0 radical (unpaired) electrons. The highest BCUT2D eigenvalue weighted by Crippen LogP contribution is 2.09. The smallest absolute Gasteiger partial charge is 0.355 e. The number of hydrogen-bond acceptors (Lipinski definition) is 5. The van der Waals surface area contributed by atoms with Crippen molar-refractivity contribution in [3.8, 4) is 0 Å². The molecule has 0 aliphatic rings. The lowest BCUT2D eigenvalue weighted by molar-refractivity contribution is -0.129. The first-order valence-electron chi connectivity index (χ1n) is 6.45. The second-order valence-corrected chi connectivity index (χ2v) is 4.98. The Kier molecular flexibility index (Phi) is 6.60. The van der Waals surface area contributed by atoms with Crippen LogP contribution in [0.2, 0.25) is 0 Å². The van der Waals surface area contributed by atoms with Gasteiger partial charge in [0.15, 0.2) is 5.69 Å². The van der Waals surface area contributed by atoms with Crippen LogP contribution in [0.4, 0.5) is 4.79 Å². The largest absolute Gasteiger partial charge is 0.476 e. The molecule has 9 heteroatoms. The summed E-state index contributed by atoms with van der Waals surface area (Å²) in [4.78, 5) is 39.3. The first kappa shape index (κ1) is 16.9. The quantitative estimate of drug-likeness (QED) is 0.679. The lowest BCUT2D eigenvalue weighted by atomic mass is 10.4. The zero-order valence-corrected chi connectivity index (χ0v) is 12.7. The summed E-state index contributed by atoms with van der Waals surface area (Å²) in [5.41, 5.74) is -0.0473. The number of carbonyl (C=O) groups excluding carboxylic acids is 2. The van der Waals surface area contributed by atoms with E-state index in [9.17, 15) is 14.4 Å². The summed E-state index contributed by atoms with van der Waals surface area (Å²) in [6.45, 7) is 4.95. The van der Waals surface area contributed by atoms with E-state index in [1.54, 1.807) is 4.90 Å². The number of rotatable bonds is 7. The Morgan fingerprint density at radius 3 is 2.48 bits per heavy atom. The van der Waals surface area contributed by atoms with Gasteiger partial charge in [0.25, 0.3) is 0 Å². The molecule has 0 atom stereocenters. The van der Waals surface area contributed by atoms with Gasteiger partial charge in [-0.25, -0.2) is 14.6 Å². The Hall–Kier alpha value is -2.16. The van der Waals surface area contributed by atoms with E-state index in [0.717, 1.165) is 11.3 Å². The Balaban J connectivity index is 2.33. The van der Waals surface area contributed by atoms with Crippen LogP contribution >= 0.6 is 11.3 Å². The summed E-state index contributed by atoms with van der Waals surface area (Å²) in [7, 11) is 0. The molecule has 21 heavy (non-hydrogen) atoms. The molecule has 0 aromatic carbocycles. The van der Waals surface area contributed by atoms with Gasteiger partial charge in [-0.2, -0.15) is 0 Å². The topological polar surface area (TPSA) is 112 Å². The summed E-state index contributed by atoms with van der Waals surface area (Å²) in [6.07, 6.45) is 0. The van der Waals surface area contributed by atoms with Crippen molar-refractivity contribution >= 4 is 29.2 Å². The lowest BCUT2D eigenvalue weighted by Crippen LogP contribution is -2.43. The molecule has 1 aromatic heterocycles. The third-order valence-electron chi connectivity index (χ3n) is 2.69. The summed E-state index contributed by atoms with van der Waals surface area (Å²) in [5.74, 6) is -1.26. The van der Waals surface area contributed by atoms with Crippen molar-refractivity contribution < 1.29 is 19.5 Å². The molecule has 0 bridgehead atoms. The van der Waals surface area contributed by atoms with E-state index < -0.39 is 12.0 Å². The van der Waals surface area contributed by atoms with Crippen LogP contribution in [-0.2, 0) is 11.3 Å². The number of thiazole rings is 1. The zero-order chi connectivity index (χ0) is 15.8. The van der Waals surface area contributed by atoms with Crippen molar-refractivity contribution in [3.63, 3.8) is 0 Å². The van der Waals surface area contributed by atoms with E-state index in [4.69, 9.17) is 5.11 Å². The van der Waals surface area contributed by atoms with Crippen LogP contribution in [0.3, 0.4) is 0 Å². The number of urea groups is 1. The van der Waals surface area contributed by atoms with Crippen LogP contribution < -0.4 is 10.6 Å². The van der Waals surface area contributed by atoms with Crippen LogP contribution in [0.25, 0.3) is 0 Å². The van der Waals surface area contributed by atoms with E-state index in [1.807, 2.05) is 13.8 Å². The predicted molar refractivity (Wildman–Crippen MR) is 77.2 cm³/mol. The fraction of sp³-hybridized carbons (Fsp3) is 0.500. The van der Waals surface area contributed by atoms with Crippen molar-refractivity contribution in [1.29, 1.82) is 0 Å². The Morgan fingerprint density at radius 1 is 1.29 bits per heavy atom. The van der Waals surface area contributed by atoms with Crippen molar-refractivity contribution in [1.82, 2.24) is 20.5 Å². The minimum atomic E-state index is -1.10. The van der Waals surface area contributed by atoms with Gasteiger partial charge in [-0.1, -0.05) is 0 Å². The van der Waals surface area contributed by atoms with Crippen molar-refractivity contribution in [2.45, 2.75) is 20.4 Å². The van der Waals surface area contributed by atoms with Gasteiger partial charge in [0.1, 0.15) is 5.01 Å². The molecule has 1 heterocycles. The van der Waals surface area contributed by atoms with Gasteiger partial charge in [0, 0.05) is 18.5 Å². The van der Waals surface area contributed by atoms with E-state index >= 15 is 0 Å². The number of likely N-dealkylation sites (N-methyl/N-ethyl adjacent to an activating group) is 1. The normalized spacial score (nSPS) is 10.0. The molecular weight excluding hydrogens is 296 g/mol. The molecule has 1 aromatic rings. The second-order valence-electron chi connectivity index (χ2n) is 4.03. The van der Waals surface area contributed by atoms with Gasteiger partial charge in [0.2, 0.25) is 5.91 Å². The summed E-state index contributed by atoms with van der Waals surface area (Å²) < 4.78 is 0. The van der Waals surface area contributed by atoms with Crippen LogP contribution in [0.1, 0.15) is 29.3 Å². The van der Waals surface area contributed by atoms with Crippen molar-refractivity contribution in [2.24, 2.45) is 0 Å². The van der Waals surface area contributed by atoms with Gasteiger partial charge in [0.05, 0.1) is 13.1 Å². The zero-order valence-electron chi connectivity index (χ0n) is 11.9. The van der Waals surface area contributed by atoms with Gasteiger partial charge in [-0.3, -0.25) is 4.79 Å². The van der Waals surface area contributed by atoms with E-state index in [1.165, 1.54) is 5.38 Å². The Morgan fingerprint density at radius 2 is 1.95 bits per heavy atom. The number of hydrogen-bond donors (Lipinski definition) is 3. The molecule has 3 amide bonds. The average molecular weight is 314 g/mol.